The molecule has 11 nitrogen and oxygen atoms in total. The molecule has 3 saturated heterocycles. The summed E-state index contributed by atoms with van der Waals surface area (Å²) in [6.45, 7) is 6.15. The Labute approximate surface area is 279 Å². The Morgan fingerprint density at radius 2 is 1.68 bits per heavy atom. The summed E-state index contributed by atoms with van der Waals surface area (Å²) in [5.74, 6) is -0.311. The number of imide groups is 1. The predicted molar refractivity (Wildman–Crippen MR) is 178 cm³/mol. The maximum absolute atomic E-state index is 13.3. The number of likely N-dealkylation sites (tertiary alicyclic amines) is 1. The van der Waals surface area contributed by atoms with Gasteiger partial charge in [0.05, 0.1) is 29.1 Å². The predicted octanol–water partition coefficient (Wildman–Crippen LogP) is 4.02. The number of rotatable bonds is 7. The standard InChI is InChI=1S/C35H40ClN7O4/c1-22-29-18-24(4-7-28(29)33(46)43(22)30-8-9-31(44)40-32(30)45)35(47)12-16-41(17-13-35)21-23-2-5-27(6-3-23)42-14-10-26(11-15-42)39-34-37-19-25(36)20-38-34/h2-7,18-20,22,26,30,47H,8-17,21H2,1H3,(H,37,38,39)(H,40,44,45)/t22-,30+/m1/s1. The van der Waals surface area contributed by atoms with E-state index < -0.39 is 17.6 Å². The molecule has 4 aliphatic rings. The number of nitrogens with zero attached hydrogens (tertiary/aromatic N) is 5. The summed E-state index contributed by atoms with van der Waals surface area (Å²) < 4.78 is 0. The molecule has 3 aromatic rings. The maximum atomic E-state index is 13.3. The van der Waals surface area contributed by atoms with Crippen LogP contribution in [0.1, 0.15) is 78.5 Å². The van der Waals surface area contributed by atoms with Crippen molar-refractivity contribution < 1.29 is 19.5 Å². The third-order valence-electron chi connectivity index (χ3n) is 10.3. The zero-order valence-corrected chi connectivity index (χ0v) is 27.2. The van der Waals surface area contributed by atoms with Crippen LogP contribution in [0.5, 0.6) is 0 Å². The Kier molecular flexibility index (Phi) is 8.63. The van der Waals surface area contributed by atoms with Crippen LogP contribution in [0, 0.1) is 0 Å². The van der Waals surface area contributed by atoms with E-state index in [1.54, 1.807) is 23.4 Å². The van der Waals surface area contributed by atoms with E-state index in [9.17, 15) is 19.5 Å². The van der Waals surface area contributed by atoms with Gasteiger partial charge in [-0.15, -0.1) is 0 Å². The fourth-order valence-electron chi connectivity index (χ4n) is 7.51. The summed E-state index contributed by atoms with van der Waals surface area (Å²) in [6.07, 6.45) is 6.94. The molecule has 7 rings (SSSR count). The van der Waals surface area contributed by atoms with Crippen molar-refractivity contribution in [3.8, 4) is 0 Å². The smallest absolute Gasteiger partial charge is 0.255 e. The van der Waals surface area contributed by atoms with Crippen molar-refractivity contribution >= 4 is 41.0 Å². The van der Waals surface area contributed by atoms with E-state index in [1.165, 1.54) is 11.3 Å². The lowest BCUT2D eigenvalue weighted by Crippen LogP contribution is -2.53. The van der Waals surface area contributed by atoms with Gasteiger partial charge in [0.1, 0.15) is 6.04 Å². The number of benzene rings is 2. The molecule has 12 heteroatoms. The maximum Gasteiger partial charge on any atom is 0.255 e. The van der Waals surface area contributed by atoms with Crippen LogP contribution in [0.3, 0.4) is 0 Å². The number of aliphatic hydroxyl groups is 1. The van der Waals surface area contributed by atoms with Gasteiger partial charge in [0, 0.05) is 56.4 Å². The average Bonchev–Trinajstić information content (AvgIpc) is 3.32. The van der Waals surface area contributed by atoms with Crippen molar-refractivity contribution in [2.45, 2.75) is 75.7 Å². The number of hydrogen-bond acceptors (Lipinski definition) is 9. The van der Waals surface area contributed by atoms with E-state index in [-0.39, 0.29) is 24.3 Å². The minimum atomic E-state index is -0.985. The van der Waals surface area contributed by atoms with E-state index in [4.69, 9.17) is 11.6 Å². The summed E-state index contributed by atoms with van der Waals surface area (Å²) in [5, 5.41) is 18.0. The van der Waals surface area contributed by atoms with Crippen molar-refractivity contribution in [2.75, 3.05) is 36.4 Å². The summed E-state index contributed by atoms with van der Waals surface area (Å²) in [7, 11) is 0. The zero-order chi connectivity index (χ0) is 32.7. The first kappa shape index (κ1) is 31.5. The quantitative estimate of drug-likeness (QED) is 0.323. The van der Waals surface area contributed by atoms with E-state index in [0.29, 0.717) is 41.8 Å². The number of amides is 3. The second-order valence-corrected chi connectivity index (χ2v) is 13.7. The molecule has 0 saturated carbocycles. The molecule has 47 heavy (non-hydrogen) atoms. The molecule has 3 N–H and O–H groups in total. The Morgan fingerprint density at radius 1 is 0.979 bits per heavy atom. The van der Waals surface area contributed by atoms with Gasteiger partial charge < -0.3 is 20.2 Å². The van der Waals surface area contributed by atoms with Gasteiger partial charge in [-0.1, -0.05) is 35.9 Å². The minimum Gasteiger partial charge on any atom is -0.385 e. The lowest BCUT2D eigenvalue weighted by molar-refractivity contribution is -0.137. The third kappa shape index (κ3) is 6.44. The number of aromatic nitrogens is 2. The number of carbonyl (C=O) groups excluding carboxylic acids is 3. The third-order valence-corrected chi connectivity index (χ3v) is 10.5. The van der Waals surface area contributed by atoms with Crippen molar-refractivity contribution in [3.63, 3.8) is 0 Å². The number of fused-ring (bicyclic) bond motifs is 1. The zero-order valence-electron chi connectivity index (χ0n) is 26.5. The molecular weight excluding hydrogens is 618 g/mol. The molecule has 0 spiro atoms. The molecule has 2 aromatic carbocycles. The van der Waals surface area contributed by atoms with E-state index in [1.807, 2.05) is 19.1 Å². The first-order valence-corrected chi connectivity index (χ1v) is 16.9. The molecule has 2 atom stereocenters. The van der Waals surface area contributed by atoms with Gasteiger partial charge in [-0.05, 0) is 73.9 Å². The average molecular weight is 658 g/mol. The van der Waals surface area contributed by atoms with E-state index >= 15 is 0 Å². The molecule has 246 valence electrons. The van der Waals surface area contributed by atoms with Gasteiger partial charge in [0.25, 0.3) is 5.91 Å². The van der Waals surface area contributed by atoms with Crippen LogP contribution in [0.25, 0.3) is 0 Å². The van der Waals surface area contributed by atoms with Crippen LogP contribution in [-0.2, 0) is 21.7 Å². The molecule has 1 aromatic heterocycles. The summed E-state index contributed by atoms with van der Waals surface area (Å²) in [4.78, 5) is 52.4. The number of anilines is 2. The van der Waals surface area contributed by atoms with Gasteiger partial charge in [0.15, 0.2) is 0 Å². The van der Waals surface area contributed by atoms with Crippen molar-refractivity contribution in [1.29, 1.82) is 0 Å². The Bertz CT molecular complexity index is 1650. The second-order valence-electron chi connectivity index (χ2n) is 13.3. The summed E-state index contributed by atoms with van der Waals surface area (Å²) >= 11 is 5.90. The highest BCUT2D eigenvalue weighted by Gasteiger charge is 2.44. The number of halogens is 1. The lowest BCUT2D eigenvalue weighted by atomic mass is 9.82. The molecule has 3 amide bonds. The fourth-order valence-corrected chi connectivity index (χ4v) is 7.61. The van der Waals surface area contributed by atoms with Crippen LogP contribution >= 0.6 is 11.6 Å². The Hall–Kier alpha value is -4.06. The highest BCUT2D eigenvalue weighted by Crippen LogP contribution is 2.41. The number of piperidine rings is 3. The molecule has 0 bridgehead atoms. The highest BCUT2D eigenvalue weighted by molar-refractivity contribution is 6.30. The van der Waals surface area contributed by atoms with E-state index in [2.05, 4.69) is 54.7 Å². The van der Waals surface area contributed by atoms with Gasteiger partial charge in [-0.2, -0.15) is 0 Å². The van der Waals surface area contributed by atoms with Crippen LogP contribution < -0.4 is 15.5 Å². The molecule has 0 radical (unpaired) electrons. The second kappa shape index (κ2) is 12.9. The molecular formula is C35H40ClN7O4. The molecule has 5 heterocycles. The van der Waals surface area contributed by atoms with Gasteiger partial charge in [0.2, 0.25) is 17.8 Å². The van der Waals surface area contributed by atoms with Crippen LogP contribution in [0.15, 0.2) is 54.9 Å². The molecule has 0 unspecified atom stereocenters. The van der Waals surface area contributed by atoms with Crippen LogP contribution in [-0.4, -0.2) is 80.9 Å². The molecule has 4 aliphatic heterocycles. The minimum absolute atomic E-state index is 0.202. The largest absolute Gasteiger partial charge is 0.385 e. The first-order valence-electron chi connectivity index (χ1n) is 16.5. The molecule has 3 fully saturated rings. The topological polar surface area (TPSA) is 131 Å². The van der Waals surface area contributed by atoms with Crippen molar-refractivity contribution in [3.05, 3.63) is 82.1 Å². The van der Waals surface area contributed by atoms with Gasteiger partial charge >= 0.3 is 0 Å². The highest BCUT2D eigenvalue weighted by atomic mass is 35.5. The van der Waals surface area contributed by atoms with E-state index in [0.717, 1.165) is 56.7 Å². The van der Waals surface area contributed by atoms with Crippen molar-refractivity contribution in [1.82, 2.24) is 25.1 Å². The van der Waals surface area contributed by atoms with Crippen LogP contribution in [0.4, 0.5) is 11.6 Å². The van der Waals surface area contributed by atoms with Crippen molar-refractivity contribution in [2.24, 2.45) is 0 Å². The number of nitrogens with one attached hydrogen (secondary N) is 2. The normalized spacial score (nSPS) is 23.5. The fraction of sp³-hybridized carbons (Fsp3) is 0.457. The number of carbonyl (C=O) groups is 3. The van der Waals surface area contributed by atoms with Crippen LogP contribution in [0.2, 0.25) is 5.02 Å². The van der Waals surface area contributed by atoms with Gasteiger partial charge in [-0.3, -0.25) is 24.6 Å². The Balaban J connectivity index is 0.918. The molecule has 0 aliphatic carbocycles. The summed E-state index contributed by atoms with van der Waals surface area (Å²) in [6, 6.07) is 13.8. The number of hydrogen-bond donors (Lipinski definition) is 3. The lowest BCUT2D eigenvalue weighted by Gasteiger charge is -2.39. The van der Waals surface area contributed by atoms with Gasteiger partial charge in [-0.25, -0.2) is 9.97 Å². The monoisotopic (exact) mass is 657 g/mol. The first-order chi connectivity index (χ1) is 22.7. The SMILES string of the molecule is C[C@@H]1c2cc(C3(O)CCN(Cc4ccc(N5CCC(Nc6ncc(Cl)cn6)CC5)cc4)CC3)ccc2C(=O)N1[C@H]1CCC(=O)NC1=O. The Morgan fingerprint density at radius 3 is 2.36 bits per heavy atom. The summed E-state index contributed by atoms with van der Waals surface area (Å²) in [5.41, 5.74) is 3.68.